The van der Waals surface area contributed by atoms with Gasteiger partial charge in [-0.1, -0.05) is 63.1 Å². The SMILES string of the molecule is CCC(CC)CC[P+](P)(c1ccccc1)c1ccccc1. The van der Waals surface area contributed by atoms with E-state index < -0.39 is 6.95 Å². The van der Waals surface area contributed by atoms with Gasteiger partial charge < -0.3 is 0 Å². The zero-order valence-corrected chi connectivity index (χ0v) is 15.3. The lowest BCUT2D eigenvalue weighted by molar-refractivity contribution is 0.480. The molecule has 2 aromatic rings. The van der Waals surface area contributed by atoms with Crippen molar-refractivity contribution in [2.75, 3.05) is 6.16 Å². The van der Waals surface area contributed by atoms with E-state index in [0.29, 0.717) is 0 Å². The first-order valence-corrected chi connectivity index (χ1v) is 11.6. The molecule has 0 aromatic heterocycles. The predicted molar refractivity (Wildman–Crippen MR) is 102 cm³/mol. The molecule has 0 fully saturated rings. The molecular formula is C19H27P2+. The molecule has 0 spiro atoms. The molecule has 0 radical (unpaired) electrons. The highest BCUT2D eigenvalue weighted by atomic mass is 32.1. The van der Waals surface area contributed by atoms with Crippen LogP contribution in [0.25, 0.3) is 0 Å². The Morgan fingerprint density at radius 1 is 0.810 bits per heavy atom. The lowest BCUT2D eigenvalue weighted by Gasteiger charge is -2.24. The van der Waals surface area contributed by atoms with Crippen molar-refractivity contribution in [1.29, 1.82) is 0 Å². The fourth-order valence-corrected chi connectivity index (χ4v) is 7.35. The molecule has 0 aliphatic heterocycles. The first-order chi connectivity index (χ1) is 10.2. The van der Waals surface area contributed by atoms with Gasteiger partial charge in [-0.3, -0.25) is 0 Å². The molecule has 0 amide bonds. The Kier molecular flexibility index (Phi) is 6.40. The number of benzene rings is 2. The van der Waals surface area contributed by atoms with E-state index in [4.69, 9.17) is 0 Å². The van der Waals surface area contributed by atoms with Gasteiger partial charge in [0.1, 0.15) is 10.6 Å². The monoisotopic (exact) mass is 317 g/mol. The standard InChI is InChI=1S/C19H27P2/c1-3-17(4-2)15-16-21(20,18-11-7-5-8-12-18)19-13-9-6-10-14-19/h5-14,17H,3-4,15-16,20H2,1-2H3/q+1. The van der Waals surface area contributed by atoms with Crippen LogP contribution in [0.15, 0.2) is 60.7 Å². The van der Waals surface area contributed by atoms with Crippen LogP contribution in [0.1, 0.15) is 33.1 Å². The van der Waals surface area contributed by atoms with Gasteiger partial charge in [0.25, 0.3) is 0 Å². The predicted octanol–water partition coefficient (Wildman–Crippen LogP) is 5.27. The van der Waals surface area contributed by atoms with E-state index in [0.717, 1.165) is 5.92 Å². The maximum Gasteiger partial charge on any atom is 0.101 e. The zero-order valence-electron chi connectivity index (χ0n) is 13.2. The average molecular weight is 317 g/mol. The van der Waals surface area contributed by atoms with Crippen LogP contribution < -0.4 is 10.6 Å². The molecule has 0 heterocycles. The molecule has 1 unspecified atom stereocenters. The lowest BCUT2D eigenvalue weighted by atomic mass is 10.0. The van der Waals surface area contributed by atoms with Crippen LogP contribution >= 0.6 is 15.9 Å². The third-order valence-corrected chi connectivity index (χ3v) is 10.4. The molecule has 0 N–H and O–H groups in total. The van der Waals surface area contributed by atoms with Crippen molar-refractivity contribution in [3.8, 4) is 0 Å². The number of rotatable bonds is 7. The van der Waals surface area contributed by atoms with Crippen molar-refractivity contribution in [1.82, 2.24) is 0 Å². The fourth-order valence-electron chi connectivity index (χ4n) is 2.88. The first-order valence-electron chi connectivity index (χ1n) is 7.98. The summed E-state index contributed by atoms with van der Waals surface area (Å²) in [6.45, 7) is 3.31. The van der Waals surface area contributed by atoms with E-state index in [1.54, 1.807) is 0 Å². The van der Waals surface area contributed by atoms with Gasteiger partial charge in [-0.05, 0) is 36.6 Å². The van der Waals surface area contributed by atoms with Crippen LogP contribution in [-0.2, 0) is 0 Å². The van der Waals surface area contributed by atoms with Gasteiger partial charge in [-0.15, -0.1) is 0 Å². The Morgan fingerprint density at radius 2 is 1.24 bits per heavy atom. The Balaban J connectivity index is 2.31. The summed E-state index contributed by atoms with van der Waals surface area (Å²) in [7, 11) is 3.26. The van der Waals surface area contributed by atoms with E-state index >= 15 is 0 Å². The van der Waals surface area contributed by atoms with E-state index in [9.17, 15) is 0 Å². The Labute approximate surface area is 132 Å². The van der Waals surface area contributed by atoms with E-state index in [1.807, 2.05) is 0 Å². The van der Waals surface area contributed by atoms with E-state index in [1.165, 1.54) is 36.0 Å². The second-order valence-corrected chi connectivity index (χ2v) is 11.6. The molecular weight excluding hydrogens is 290 g/mol. The summed E-state index contributed by atoms with van der Waals surface area (Å²) in [5.74, 6) is 0.859. The molecule has 2 rings (SSSR count). The number of hydrogen-bond donors (Lipinski definition) is 0. The maximum absolute atomic E-state index is 3.26. The topological polar surface area (TPSA) is 0 Å². The minimum absolute atomic E-state index is 0.859. The van der Waals surface area contributed by atoms with Gasteiger partial charge in [0.15, 0.2) is 0 Å². The van der Waals surface area contributed by atoms with Gasteiger partial charge in [0.05, 0.1) is 13.1 Å². The van der Waals surface area contributed by atoms with Crippen molar-refractivity contribution in [2.45, 2.75) is 33.1 Å². The molecule has 0 bridgehead atoms. The molecule has 0 nitrogen and oxygen atoms in total. The first kappa shape index (κ1) is 16.7. The van der Waals surface area contributed by atoms with Crippen molar-refractivity contribution < 1.29 is 0 Å². The third-order valence-electron chi connectivity index (χ3n) is 4.48. The molecule has 0 saturated carbocycles. The van der Waals surface area contributed by atoms with Crippen LogP contribution in [0.5, 0.6) is 0 Å². The van der Waals surface area contributed by atoms with E-state index in [2.05, 4.69) is 83.4 Å². The Hall–Kier alpha value is -0.700. The second kappa shape index (κ2) is 8.07. The molecule has 0 saturated heterocycles. The zero-order chi connectivity index (χ0) is 15.1. The van der Waals surface area contributed by atoms with Gasteiger partial charge in [-0.2, -0.15) is 0 Å². The second-order valence-electron chi connectivity index (χ2n) is 5.73. The average Bonchev–Trinajstić information content (AvgIpc) is 2.57. The van der Waals surface area contributed by atoms with Gasteiger partial charge in [0, 0.05) is 8.93 Å². The summed E-state index contributed by atoms with van der Waals surface area (Å²) in [5, 5.41) is 3.01. The minimum atomic E-state index is -1.34. The number of hydrogen-bond acceptors (Lipinski definition) is 0. The molecule has 2 heteroatoms. The maximum atomic E-state index is 3.26. The molecule has 0 aliphatic rings. The Morgan fingerprint density at radius 3 is 1.62 bits per heavy atom. The highest BCUT2D eigenvalue weighted by molar-refractivity contribution is 8.32. The molecule has 112 valence electrons. The fraction of sp³-hybridized carbons (Fsp3) is 0.368. The highest BCUT2D eigenvalue weighted by Crippen LogP contribution is 2.64. The summed E-state index contributed by atoms with van der Waals surface area (Å²) in [5.41, 5.74) is 0. The van der Waals surface area contributed by atoms with Crippen LogP contribution in [0.3, 0.4) is 0 Å². The molecule has 21 heavy (non-hydrogen) atoms. The normalized spacial score (nSPS) is 11.8. The minimum Gasteiger partial charge on any atom is -0.0651 e. The van der Waals surface area contributed by atoms with Crippen LogP contribution in [0.2, 0.25) is 0 Å². The smallest absolute Gasteiger partial charge is 0.0651 e. The van der Waals surface area contributed by atoms with Crippen molar-refractivity contribution in [2.24, 2.45) is 5.92 Å². The molecule has 0 aliphatic carbocycles. The van der Waals surface area contributed by atoms with Gasteiger partial charge in [-0.25, -0.2) is 0 Å². The highest BCUT2D eigenvalue weighted by Gasteiger charge is 2.37. The van der Waals surface area contributed by atoms with Crippen LogP contribution in [0.4, 0.5) is 0 Å². The third kappa shape index (κ3) is 4.15. The Bertz CT molecular complexity index is 478. The van der Waals surface area contributed by atoms with Crippen LogP contribution in [-0.4, -0.2) is 6.16 Å². The molecule has 2 aromatic carbocycles. The van der Waals surface area contributed by atoms with Gasteiger partial charge in [0.2, 0.25) is 0 Å². The summed E-state index contributed by atoms with van der Waals surface area (Å²) >= 11 is 0. The summed E-state index contributed by atoms with van der Waals surface area (Å²) in [6.07, 6.45) is 5.21. The van der Waals surface area contributed by atoms with Crippen molar-refractivity contribution in [3.05, 3.63) is 60.7 Å². The summed E-state index contributed by atoms with van der Waals surface area (Å²) in [6, 6.07) is 22.2. The van der Waals surface area contributed by atoms with Crippen molar-refractivity contribution in [3.63, 3.8) is 0 Å². The molecule has 1 atom stereocenters. The quantitative estimate of drug-likeness (QED) is 0.610. The van der Waals surface area contributed by atoms with E-state index in [-0.39, 0.29) is 0 Å². The van der Waals surface area contributed by atoms with Gasteiger partial charge >= 0.3 is 0 Å². The lowest BCUT2D eigenvalue weighted by Crippen LogP contribution is -2.21. The van der Waals surface area contributed by atoms with Crippen molar-refractivity contribution >= 4 is 26.5 Å². The summed E-state index contributed by atoms with van der Waals surface area (Å²) < 4.78 is 0. The largest absolute Gasteiger partial charge is 0.101 e. The van der Waals surface area contributed by atoms with Crippen LogP contribution in [0, 0.1) is 5.92 Å². The summed E-state index contributed by atoms with van der Waals surface area (Å²) in [4.78, 5) is 0.